The van der Waals surface area contributed by atoms with E-state index in [9.17, 15) is 9.59 Å². The molecule has 0 aromatic carbocycles. The maximum absolute atomic E-state index is 11.2. The van der Waals surface area contributed by atoms with Crippen LogP contribution in [0.5, 0.6) is 0 Å². The summed E-state index contributed by atoms with van der Waals surface area (Å²) in [7, 11) is 1.58. The van der Waals surface area contributed by atoms with Gasteiger partial charge >= 0.3 is 12.0 Å². The molecule has 0 bridgehead atoms. The molecular formula is C9H14N4O5. The van der Waals surface area contributed by atoms with Crippen molar-refractivity contribution < 1.29 is 24.3 Å². The molecule has 9 nitrogen and oxygen atoms in total. The van der Waals surface area contributed by atoms with Crippen LogP contribution in [0.25, 0.3) is 0 Å². The Morgan fingerprint density at radius 1 is 1.56 bits per heavy atom. The minimum Gasteiger partial charge on any atom is -0.479 e. The van der Waals surface area contributed by atoms with E-state index in [2.05, 4.69) is 15.3 Å². The van der Waals surface area contributed by atoms with Crippen LogP contribution in [0.3, 0.4) is 0 Å². The summed E-state index contributed by atoms with van der Waals surface area (Å²) in [5, 5.41) is 14.7. The van der Waals surface area contributed by atoms with Crippen LogP contribution in [0.2, 0.25) is 0 Å². The Kier molecular flexibility index (Phi) is 5.61. The number of nitrogens with one attached hydrogen (secondary N) is 2. The van der Waals surface area contributed by atoms with Crippen LogP contribution in [0, 0.1) is 0 Å². The molecule has 1 aromatic heterocycles. The Hall–Kier alpha value is -2.13. The predicted molar refractivity (Wildman–Crippen MR) is 59.8 cm³/mol. The normalized spacial score (nSPS) is 10.1. The van der Waals surface area contributed by atoms with Gasteiger partial charge in [-0.25, -0.2) is 15.1 Å². The summed E-state index contributed by atoms with van der Waals surface area (Å²) in [5.41, 5.74) is 2.38. The molecule has 0 aliphatic rings. The molecule has 0 saturated heterocycles. The lowest BCUT2D eigenvalue weighted by Gasteiger charge is -2.04. The van der Waals surface area contributed by atoms with E-state index < -0.39 is 18.6 Å². The van der Waals surface area contributed by atoms with E-state index in [1.165, 1.54) is 6.20 Å². The molecule has 2 amide bonds. The molecule has 0 atom stereocenters. The molecule has 1 heterocycles. The van der Waals surface area contributed by atoms with Crippen molar-refractivity contribution in [2.75, 3.05) is 25.6 Å². The largest absolute Gasteiger partial charge is 0.479 e. The number of carboxylic acid groups (broad SMARTS) is 1. The van der Waals surface area contributed by atoms with Crippen molar-refractivity contribution in [3.05, 3.63) is 12.4 Å². The number of aliphatic carboxylic acids is 1. The summed E-state index contributed by atoms with van der Waals surface area (Å²) in [5.74, 6) is -1.18. The third kappa shape index (κ3) is 5.27. The second-order valence-electron chi connectivity index (χ2n) is 3.22. The van der Waals surface area contributed by atoms with Gasteiger partial charge in [-0.1, -0.05) is 0 Å². The predicted octanol–water partition coefficient (Wildman–Crippen LogP) is -0.333. The van der Waals surface area contributed by atoms with Crippen LogP contribution in [-0.2, 0) is 20.9 Å². The Morgan fingerprint density at radius 3 is 3.00 bits per heavy atom. The molecule has 0 saturated carbocycles. The van der Waals surface area contributed by atoms with Crippen LogP contribution in [-0.4, -0.2) is 47.2 Å². The summed E-state index contributed by atoms with van der Waals surface area (Å²) in [4.78, 5) is 25.7. The Bertz CT molecular complexity index is 405. The van der Waals surface area contributed by atoms with Gasteiger partial charge < -0.3 is 15.2 Å². The molecular weight excluding hydrogens is 244 g/mol. The van der Waals surface area contributed by atoms with E-state index in [4.69, 9.17) is 9.84 Å². The van der Waals surface area contributed by atoms with Gasteiger partial charge in [-0.15, -0.1) is 0 Å². The van der Waals surface area contributed by atoms with Crippen molar-refractivity contribution >= 4 is 17.7 Å². The molecule has 9 heteroatoms. The first kappa shape index (κ1) is 13.9. The molecule has 0 aliphatic carbocycles. The van der Waals surface area contributed by atoms with Crippen LogP contribution < -0.4 is 10.8 Å². The van der Waals surface area contributed by atoms with Gasteiger partial charge in [-0.2, -0.15) is 5.10 Å². The van der Waals surface area contributed by atoms with Crippen molar-refractivity contribution in [1.29, 1.82) is 0 Å². The number of aromatic nitrogens is 2. The average molecular weight is 258 g/mol. The Labute approximate surface area is 103 Å². The van der Waals surface area contributed by atoms with Gasteiger partial charge in [0.1, 0.15) is 0 Å². The van der Waals surface area contributed by atoms with Gasteiger partial charge in [0.05, 0.1) is 25.0 Å². The van der Waals surface area contributed by atoms with Crippen molar-refractivity contribution in [1.82, 2.24) is 15.3 Å². The van der Waals surface area contributed by atoms with Gasteiger partial charge in [0.2, 0.25) is 0 Å². The molecule has 18 heavy (non-hydrogen) atoms. The van der Waals surface area contributed by atoms with Crippen molar-refractivity contribution in [3.8, 4) is 0 Å². The number of carbonyl (C=O) groups excluding carboxylic acids is 1. The highest BCUT2D eigenvalue weighted by molar-refractivity contribution is 5.88. The van der Waals surface area contributed by atoms with E-state index in [0.29, 0.717) is 18.8 Å². The third-order valence-corrected chi connectivity index (χ3v) is 1.78. The fourth-order valence-electron chi connectivity index (χ4n) is 1.06. The van der Waals surface area contributed by atoms with Crippen LogP contribution in [0.1, 0.15) is 0 Å². The fourth-order valence-corrected chi connectivity index (χ4v) is 1.06. The number of hydroxylamine groups is 1. The van der Waals surface area contributed by atoms with Gasteiger partial charge in [-0.05, 0) is 0 Å². The maximum atomic E-state index is 11.2. The summed E-state index contributed by atoms with van der Waals surface area (Å²) < 4.78 is 6.47. The van der Waals surface area contributed by atoms with Crippen LogP contribution in [0.4, 0.5) is 10.5 Å². The van der Waals surface area contributed by atoms with Crippen molar-refractivity contribution in [2.45, 2.75) is 6.54 Å². The van der Waals surface area contributed by atoms with E-state index in [1.807, 2.05) is 5.48 Å². The highest BCUT2D eigenvalue weighted by Gasteiger charge is 2.05. The zero-order valence-electron chi connectivity index (χ0n) is 9.75. The highest BCUT2D eigenvalue weighted by Crippen LogP contribution is 2.04. The Morgan fingerprint density at radius 2 is 2.33 bits per heavy atom. The number of hydrogen-bond donors (Lipinski definition) is 3. The second-order valence-corrected chi connectivity index (χ2v) is 3.22. The number of hydrogen-bond acceptors (Lipinski definition) is 5. The third-order valence-electron chi connectivity index (χ3n) is 1.78. The van der Waals surface area contributed by atoms with Gasteiger partial charge in [0.15, 0.2) is 6.61 Å². The minimum atomic E-state index is -1.18. The van der Waals surface area contributed by atoms with Gasteiger partial charge in [0, 0.05) is 13.3 Å². The number of urea groups is 1. The summed E-state index contributed by atoms with van der Waals surface area (Å²) in [6, 6.07) is -0.678. The topological polar surface area (TPSA) is 115 Å². The monoisotopic (exact) mass is 258 g/mol. The molecule has 1 aromatic rings. The molecule has 0 spiro atoms. The number of carboxylic acids is 1. The van der Waals surface area contributed by atoms with Gasteiger partial charge in [0.25, 0.3) is 0 Å². The number of methoxy groups -OCH3 is 1. The minimum absolute atomic E-state index is 0.461. The first-order valence-electron chi connectivity index (χ1n) is 5.04. The molecule has 100 valence electrons. The van der Waals surface area contributed by atoms with Crippen molar-refractivity contribution in [3.63, 3.8) is 0 Å². The smallest absolute Gasteiger partial charge is 0.343 e. The molecule has 0 aliphatic heterocycles. The summed E-state index contributed by atoms with van der Waals surface area (Å²) in [6.07, 6.45) is 3.06. The maximum Gasteiger partial charge on any atom is 0.343 e. The number of amides is 2. The molecule has 3 N–H and O–H groups in total. The van der Waals surface area contributed by atoms with E-state index in [0.717, 1.165) is 0 Å². The zero-order chi connectivity index (χ0) is 13.4. The number of rotatable bonds is 7. The van der Waals surface area contributed by atoms with Crippen LogP contribution >= 0.6 is 0 Å². The lowest BCUT2D eigenvalue weighted by molar-refractivity contribution is -0.143. The first-order valence-corrected chi connectivity index (χ1v) is 5.04. The number of ether oxygens (including phenoxy) is 1. The van der Waals surface area contributed by atoms with E-state index in [1.54, 1.807) is 18.0 Å². The highest BCUT2D eigenvalue weighted by atomic mass is 16.7. The number of carbonyl (C=O) groups is 2. The summed E-state index contributed by atoms with van der Waals surface area (Å²) in [6.45, 7) is 0.463. The second kappa shape index (κ2) is 7.25. The summed E-state index contributed by atoms with van der Waals surface area (Å²) >= 11 is 0. The molecule has 0 radical (unpaired) electrons. The Balaban J connectivity index is 2.30. The van der Waals surface area contributed by atoms with E-state index in [-0.39, 0.29) is 0 Å². The van der Waals surface area contributed by atoms with Crippen molar-refractivity contribution in [2.24, 2.45) is 0 Å². The number of anilines is 1. The lowest BCUT2D eigenvalue weighted by Crippen LogP contribution is -2.30. The standard InChI is InChI=1S/C9H14N4O5/c1-17-3-2-13-5-7(4-10-13)11-9(16)12-18-6-8(14)15/h4-5H,2-3,6H2,1H3,(H,14,15)(H2,11,12,16). The SMILES string of the molecule is COCCn1cc(NC(=O)NOCC(=O)O)cn1. The first-order chi connectivity index (χ1) is 8.61. The fraction of sp³-hybridized carbons (Fsp3) is 0.444. The van der Waals surface area contributed by atoms with Crippen LogP contribution in [0.15, 0.2) is 12.4 Å². The molecule has 0 unspecified atom stereocenters. The van der Waals surface area contributed by atoms with E-state index >= 15 is 0 Å². The number of nitrogens with zero attached hydrogens (tertiary/aromatic N) is 2. The van der Waals surface area contributed by atoms with Gasteiger partial charge in [-0.3, -0.25) is 9.52 Å². The molecule has 1 rings (SSSR count). The molecule has 0 fully saturated rings. The lowest BCUT2D eigenvalue weighted by atomic mass is 10.5. The quantitative estimate of drug-likeness (QED) is 0.577. The average Bonchev–Trinajstić information content (AvgIpc) is 2.73. The zero-order valence-corrected chi connectivity index (χ0v) is 9.75.